The Bertz CT molecular complexity index is 987. The minimum Gasteiger partial charge on any atom is -0.325 e. The molecule has 27 heavy (non-hydrogen) atoms. The van der Waals surface area contributed by atoms with Crippen molar-refractivity contribution in [2.24, 2.45) is 5.73 Å². The number of nitrogens with two attached hydrogens (primary N) is 1. The maximum absolute atomic E-state index is 5.93. The SMILES string of the molecule is C/C(=C/[C@@H](C)N)c1ccc(C#Cc2ccc(-c3ccc(Cl)cc3)cn2)cc1. The highest BCUT2D eigenvalue weighted by Crippen LogP contribution is 2.20. The van der Waals surface area contributed by atoms with E-state index >= 15 is 0 Å². The Labute approximate surface area is 165 Å². The number of hydrogen-bond donors (Lipinski definition) is 1. The van der Waals surface area contributed by atoms with Gasteiger partial charge in [-0.3, -0.25) is 0 Å². The molecule has 0 spiro atoms. The average Bonchev–Trinajstić information content (AvgIpc) is 2.67. The smallest absolute Gasteiger partial charge is 0.113 e. The molecular weight excluding hydrogens is 352 g/mol. The lowest BCUT2D eigenvalue weighted by molar-refractivity contribution is 0.927. The first-order valence-electron chi connectivity index (χ1n) is 8.80. The predicted octanol–water partition coefficient (Wildman–Crippen LogP) is 5.55. The van der Waals surface area contributed by atoms with E-state index in [9.17, 15) is 0 Å². The Balaban J connectivity index is 1.73. The number of aromatic nitrogens is 1. The van der Waals surface area contributed by atoms with E-state index in [2.05, 4.69) is 35.9 Å². The van der Waals surface area contributed by atoms with Crippen molar-refractivity contribution < 1.29 is 0 Å². The van der Waals surface area contributed by atoms with E-state index in [1.807, 2.05) is 67.7 Å². The van der Waals surface area contributed by atoms with Crippen LogP contribution in [-0.2, 0) is 0 Å². The van der Waals surface area contributed by atoms with Crippen molar-refractivity contribution in [3.63, 3.8) is 0 Å². The molecule has 2 aromatic carbocycles. The number of nitrogens with zero attached hydrogens (tertiary/aromatic N) is 1. The zero-order chi connectivity index (χ0) is 19.2. The summed E-state index contributed by atoms with van der Waals surface area (Å²) in [5.74, 6) is 6.27. The Morgan fingerprint density at radius 2 is 1.63 bits per heavy atom. The molecule has 3 rings (SSSR count). The molecule has 0 radical (unpaired) electrons. The molecule has 0 bridgehead atoms. The second kappa shape index (κ2) is 8.68. The molecule has 2 N–H and O–H groups in total. The lowest BCUT2D eigenvalue weighted by Crippen LogP contribution is -2.10. The molecule has 1 aromatic heterocycles. The fourth-order valence-electron chi connectivity index (χ4n) is 2.72. The van der Waals surface area contributed by atoms with Crippen molar-refractivity contribution in [2.45, 2.75) is 19.9 Å². The molecule has 0 aliphatic carbocycles. The zero-order valence-electron chi connectivity index (χ0n) is 15.4. The van der Waals surface area contributed by atoms with Gasteiger partial charge >= 0.3 is 0 Å². The van der Waals surface area contributed by atoms with Crippen molar-refractivity contribution in [1.29, 1.82) is 0 Å². The van der Waals surface area contributed by atoms with Crippen molar-refractivity contribution in [3.8, 4) is 23.0 Å². The summed E-state index contributed by atoms with van der Waals surface area (Å²) in [4.78, 5) is 4.44. The van der Waals surface area contributed by atoms with Gasteiger partial charge < -0.3 is 5.73 Å². The second-order valence-corrected chi connectivity index (χ2v) is 6.91. The molecule has 3 heteroatoms. The summed E-state index contributed by atoms with van der Waals surface area (Å²) in [6.45, 7) is 4.03. The van der Waals surface area contributed by atoms with Gasteiger partial charge in [-0.25, -0.2) is 4.98 Å². The summed E-state index contributed by atoms with van der Waals surface area (Å²) in [6, 6.07) is 19.9. The monoisotopic (exact) mass is 372 g/mol. The number of allylic oxidation sites excluding steroid dienone is 1. The number of halogens is 1. The van der Waals surface area contributed by atoms with Crippen LogP contribution in [0.1, 0.15) is 30.7 Å². The van der Waals surface area contributed by atoms with Gasteiger partial charge in [-0.2, -0.15) is 0 Å². The fourth-order valence-corrected chi connectivity index (χ4v) is 2.85. The van der Waals surface area contributed by atoms with Crippen LogP contribution in [0.3, 0.4) is 0 Å². The standard InChI is InChI=1S/C24H21ClN2/c1-17(15-18(2)26)20-6-3-19(4-7-20)5-13-24-14-10-22(16-27-24)21-8-11-23(25)12-9-21/h3-4,6-12,14-16,18H,26H2,1-2H3/b17-15-/t18-/m1/s1. The van der Waals surface area contributed by atoms with E-state index in [4.69, 9.17) is 17.3 Å². The third kappa shape index (κ3) is 5.31. The number of rotatable bonds is 3. The van der Waals surface area contributed by atoms with Gasteiger partial charge in [0.1, 0.15) is 5.69 Å². The Morgan fingerprint density at radius 1 is 0.963 bits per heavy atom. The van der Waals surface area contributed by atoms with Crippen molar-refractivity contribution in [3.05, 3.63) is 94.8 Å². The van der Waals surface area contributed by atoms with E-state index in [0.29, 0.717) is 0 Å². The molecular formula is C24H21ClN2. The molecule has 0 aliphatic heterocycles. The maximum atomic E-state index is 5.93. The van der Waals surface area contributed by atoms with Crippen LogP contribution in [0.15, 0.2) is 72.9 Å². The molecule has 1 heterocycles. The minimum atomic E-state index is 0.0476. The van der Waals surface area contributed by atoms with Crippen LogP contribution in [-0.4, -0.2) is 11.0 Å². The van der Waals surface area contributed by atoms with Gasteiger partial charge in [-0.15, -0.1) is 0 Å². The lowest BCUT2D eigenvalue weighted by Gasteiger charge is -2.04. The zero-order valence-corrected chi connectivity index (χ0v) is 16.2. The molecule has 134 valence electrons. The van der Waals surface area contributed by atoms with Crippen LogP contribution in [0, 0.1) is 11.8 Å². The molecule has 0 amide bonds. The molecule has 0 aliphatic rings. The summed E-state index contributed by atoms with van der Waals surface area (Å²) in [5.41, 5.74) is 12.0. The van der Waals surface area contributed by atoms with Gasteiger partial charge in [0.25, 0.3) is 0 Å². The third-order valence-corrected chi connectivity index (χ3v) is 4.38. The quantitative estimate of drug-likeness (QED) is 0.612. The van der Waals surface area contributed by atoms with Gasteiger partial charge in [-0.05, 0) is 66.8 Å². The van der Waals surface area contributed by atoms with E-state index in [1.165, 1.54) is 5.57 Å². The van der Waals surface area contributed by atoms with Crippen LogP contribution in [0.25, 0.3) is 16.7 Å². The molecule has 0 saturated carbocycles. The largest absolute Gasteiger partial charge is 0.325 e. The molecule has 0 unspecified atom stereocenters. The first-order valence-corrected chi connectivity index (χ1v) is 9.17. The van der Waals surface area contributed by atoms with Crippen LogP contribution < -0.4 is 5.73 Å². The molecule has 3 aromatic rings. The van der Waals surface area contributed by atoms with Crippen molar-refractivity contribution in [2.75, 3.05) is 0 Å². The van der Waals surface area contributed by atoms with Crippen LogP contribution >= 0.6 is 11.6 Å². The number of hydrogen-bond acceptors (Lipinski definition) is 2. The van der Waals surface area contributed by atoms with Gasteiger partial charge in [0.15, 0.2) is 0 Å². The van der Waals surface area contributed by atoms with Crippen molar-refractivity contribution >= 4 is 17.2 Å². The predicted molar refractivity (Wildman–Crippen MR) is 114 cm³/mol. The Kier molecular flexibility index (Phi) is 6.08. The Morgan fingerprint density at radius 3 is 2.22 bits per heavy atom. The van der Waals surface area contributed by atoms with Gasteiger partial charge in [-0.1, -0.05) is 53.9 Å². The molecule has 1 atom stereocenters. The van der Waals surface area contributed by atoms with E-state index in [1.54, 1.807) is 0 Å². The van der Waals surface area contributed by atoms with Gasteiger partial charge in [0.05, 0.1) is 0 Å². The van der Waals surface area contributed by atoms with E-state index < -0.39 is 0 Å². The van der Waals surface area contributed by atoms with Gasteiger partial charge in [0, 0.05) is 28.4 Å². The lowest BCUT2D eigenvalue weighted by atomic mass is 10.0. The number of benzene rings is 2. The summed E-state index contributed by atoms with van der Waals surface area (Å²) < 4.78 is 0. The third-order valence-electron chi connectivity index (χ3n) is 4.13. The average molecular weight is 373 g/mol. The van der Waals surface area contributed by atoms with Gasteiger partial charge in [0.2, 0.25) is 0 Å². The van der Waals surface area contributed by atoms with Crippen LogP contribution in [0.2, 0.25) is 5.02 Å². The molecule has 0 fully saturated rings. The highest BCUT2D eigenvalue weighted by Gasteiger charge is 1.99. The highest BCUT2D eigenvalue weighted by atomic mass is 35.5. The first-order chi connectivity index (χ1) is 13.0. The molecule has 2 nitrogen and oxygen atoms in total. The van der Waals surface area contributed by atoms with E-state index in [-0.39, 0.29) is 6.04 Å². The van der Waals surface area contributed by atoms with Crippen molar-refractivity contribution in [1.82, 2.24) is 4.98 Å². The maximum Gasteiger partial charge on any atom is 0.113 e. The fraction of sp³-hybridized carbons (Fsp3) is 0.125. The topological polar surface area (TPSA) is 38.9 Å². The normalized spacial score (nSPS) is 12.2. The second-order valence-electron chi connectivity index (χ2n) is 6.48. The minimum absolute atomic E-state index is 0.0476. The highest BCUT2D eigenvalue weighted by molar-refractivity contribution is 6.30. The van der Waals surface area contributed by atoms with E-state index in [0.717, 1.165) is 33.0 Å². The summed E-state index contributed by atoms with van der Waals surface area (Å²) in [7, 11) is 0. The van der Waals surface area contributed by atoms with Crippen LogP contribution in [0.5, 0.6) is 0 Å². The molecule has 0 saturated heterocycles. The summed E-state index contributed by atoms with van der Waals surface area (Å²) in [5, 5.41) is 0.725. The number of pyridine rings is 1. The summed E-state index contributed by atoms with van der Waals surface area (Å²) in [6.07, 6.45) is 3.88. The summed E-state index contributed by atoms with van der Waals surface area (Å²) >= 11 is 5.93. The first kappa shape index (κ1) is 18.9. The Hall–Kier alpha value is -2.86. The van der Waals surface area contributed by atoms with Crippen LogP contribution in [0.4, 0.5) is 0 Å².